The topological polar surface area (TPSA) is 58.2 Å². The number of carbonyl (C=O) groups is 2. The van der Waals surface area contributed by atoms with E-state index in [9.17, 15) is 9.59 Å². The molecular weight excluding hydrogens is 292 g/mol. The van der Waals surface area contributed by atoms with Gasteiger partial charge in [-0.2, -0.15) is 0 Å². The van der Waals surface area contributed by atoms with Gasteiger partial charge in [-0.1, -0.05) is 0 Å². The summed E-state index contributed by atoms with van der Waals surface area (Å²) < 4.78 is 0.903. The second-order valence-corrected chi connectivity index (χ2v) is 6.09. The first kappa shape index (κ1) is 11.6. The third kappa shape index (κ3) is 3.31. The Kier molecular flexibility index (Phi) is 3.60. The summed E-state index contributed by atoms with van der Waals surface area (Å²) >= 11 is 4.63. The summed E-state index contributed by atoms with van der Waals surface area (Å²) in [5.41, 5.74) is 0. The van der Waals surface area contributed by atoms with Crippen molar-refractivity contribution >= 4 is 39.1 Å². The number of halogens is 1. The Labute approximate surface area is 106 Å². The van der Waals surface area contributed by atoms with Crippen molar-refractivity contribution in [3.05, 3.63) is 20.8 Å². The predicted molar refractivity (Wildman–Crippen MR) is 65.5 cm³/mol. The molecule has 1 heterocycles. The zero-order valence-corrected chi connectivity index (χ0v) is 10.9. The van der Waals surface area contributed by atoms with Crippen LogP contribution in [0.25, 0.3) is 0 Å². The minimum Gasteiger partial charge on any atom is -0.352 e. The molecule has 0 saturated heterocycles. The summed E-state index contributed by atoms with van der Waals surface area (Å²) in [6, 6.07) is 3.87. The second-order valence-electron chi connectivity index (χ2n) is 3.63. The van der Waals surface area contributed by atoms with Gasteiger partial charge in [-0.25, -0.2) is 0 Å². The number of hydrogen-bond acceptors (Lipinski definition) is 3. The average molecular weight is 303 g/mol. The van der Waals surface area contributed by atoms with Crippen LogP contribution in [-0.4, -0.2) is 24.4 Å². The SMILES string of the molecule is O=C(CNC(=O)c1ccc(Br)s1)NC1CC1. The van der Waals surface area contributed by atoms with Crippen LogP contribution in [0.3, 0.4) is 0 Å². The highest BCUT2D eigenvalue weighted by molar-refractivity contribution is 9.11. The van der Waals surface area contributed by atoms with Gasteiger partial charge in [-0.05, 0) is 40.9 Å². The van der Waals surface area contributed by atoms with Gasteiger partial charge in [0, 0.05) is 6.04 Å². The smallest absolute Gasteiger partial charge is 0.261 e. The highest BCUT2D eigenvalue weighted by Crippen LogP contribution is 2.21. The largest absolute Gasteiger partial charge is 0.352 e. The number of thiophene rings is 1. The second kappa shape index (κ2) is 4.97. The zero-order valence-electron chi connectivity index (χ0n) is 8.46. The van der Waals surface area contributed by atoms with E-state index >= 15 is 0 Å². The van der Waals surface area contributed by atoms with Crippen LogP contribution in [-0.2, 0) is 4.79 Å². The molecule has 0 aromatic carbocycles. The van der Waals surface area contributed by atoms with E-state index in [1.807, 2.05) is 6.07 Å². The van der Waals surface area contributed by atoms with Crippen molar-refractivity contribution in [3.8, 4) is 0 Å². The molecule has 0 spiro atoms. The van der Waals surface area contributed by atoms with Crippen LogP contribution in [0.4, 0.5) is 0 Å². The fourth-order valence-electron chi connectivity index (χ4n) is 1.19. The van der Waals surface area contributed by atoms with Crippen molar-refractivity contribution in [2.24, 2.45) is 0 Å². The third-order valence-corrected chi connectivity index (χ3v) is 3.77. The van der Waals surface area contributed by atoms with Crippen LogP contribution in [0.15, 0.2) is 15.9 Å². The summed E-state index contributed by atoms with van der Waals surface area (Å²) in [7, 11) is 0. The van der Waals surface area contributed by atoms with Crippen molar-refractivity contribution in [1.82, 2.24) is 10.6 Å². The lowest BCUT2D eigenvalue weighted by molar-refractivity contribution is -0.120. The summed E-state index contributed by atoms with van der Waals surface area (Å²) in [6.07, 6.45) is 2.11. The maximum absolute atomic E-state index is 11.6. The molecule has 1 aromatic rings. The first-order valence-corrected chi connectivity index (χ1v) is 6.59. The molecule has 1 fully saturated rings. The van der Waals surface area contributed by atoms with Gasteiger partial charge in [0.2, 0.25) is 5.91 Å². The van der Waals surface area contributed by atoms with Gasteiger partial charge in [0.15, 0.2) is 0 Å². The molecule has 0 unspecified atom stereocenters. The quantitative estimate of drug-likeness (QED) is 0.886. The molecule has 2 N–H and O–H groups in total. The van der Waals surface area contributed by atoms with Crippen LogP contribution in [0, 0.1) is 0 Å². The average Bonchev–Trinajstić information content (AvgIpc) is 2.95. The zero-order chi connectivity index (χ0) is 11.5. The summed E-state index contributed by atoms with van der Waals surface area (Å²) in [6.45, 7) is 0.0465. The molecule has 16 heavy (non-hydrogen) atoms. The van der Waals surface area contributed by atoms with Crippen molar-refractivity contribution in [1.29, 1.82) is 0 Å². The lowest BCUT2D eigenvalue weighted by atomic mass is 10.4. The van der Waals surface area contributed by atoms with E-state index in [1.165, 1.54) is 11.3 Å². The first-order chi connectivity index (χ1) is 7.65. The van der Waals surface area contributed by atoms with Crippen molar-refractivity contribution in [3.63, 3.8) is 0 Å². The Balaban J connectivity index is 1.76. The van der Waals surface area contributed by atoms with E-state index in [1.54, 1.807) is 6.07 Å². The van der Waals surface area contributed by atoms with Crippen LogP contribution in [0.2, 0.25) is 0 Å². The molecule has 2 rings (SSSR count). The Morgan fingerprint density at radius 3 is 2.75 bits per heavy atom. The minimum atomic E-state index is -0.207. The maximum atomic E-state index is 11.6. The molecule has 1 aromatic heterocycles. The highest BCUT2D eigenvalue weighted by Gasteiger charge is 2.23. The first-order valence-electron chi connectivity index (χ1n) is 4.98. The van der Waals surface area contributed by atoms with Crippen molar-refractivity contribution < 1.29 is 9.59 Å². The van der Waals surface area contributed by atoms with Crippen LogP contribution >= 0.6 is 27.3 Å². The fourth-order valence-corrected chi connectivity index (χ4v) is 2.49. The lowest BCUT2D eigenvalue weighted by Crippen LogP contribution is -2.37. The fraction of sp³-hybridized carbons (Fsp3) is 0.400. The molecule has 1 saturated carbocycles. The molecule has 2 amide bonds. The normalized spacial score (nSPS) is 14.6. The maximum Gasteiger partial charge on any atom is 0.261 e. The molecule has 1 aliphatic rings. The molecule has 86 valence electrons. The lowest BCUT2D eigenvalue weighted by Gasteiger charge is -2.04. The highest BCUT2D eigenvalue weighted by atomic mass is 79.9. The molecule has 0 aliphatic heterocycles. The number of hydrogen-bond donors (Lipinski definition) is 2. The van der Waals surface area contributed by atoms with Gasteiger partial charge in [0.05, 0.1) is 15.2 Å². The molecule has 0 bridgehead atoms. The number of carbonyl (C=O) groups excluding carboxylic acids is 2. The molecule has 0 atom stereocenters. The van der Waals surface area contributed by atoms with Gasteiger partial charge in [0.25, 0.3) is 5.91 Å². The molecular formula is C10H11BrN2O2S. The standard InChI is InChI=1S/C10H11BrN2O2S/c11-8-4-3-7(16-8)10(15)12-5-9(14)13-6-1-2-6/h3-4,6H,1-2,5H2,(H,12,15)(H,13,14). The number of nitrogens with one attached hydrogen (secondary N) is 2. The van der Waals surface area contributed by atoms with E-state index in [0.29, 0.717) is 10.9 Å². The molecule has 6 heteroatoms. The number of amides is 2. The summed E-state index contributed by atoms with van der Waals surface area (Å²) in [5, 5.41) is 5.39. The van der Waals surface area contributed by atoms with Crippen molar-refractivity contribution in [2.45, 2.75) is 18.9 Å². The van der Waals surface area contributed by atoms with Gasteiger partial charge in [0.1, 0.15) is 0 Å². The van der Waals surface area contributed by atoms with Gasteiger partial charge in [-0.3, -0.25) is 9.59 Å². The minimum absolute atomic E-state index is 0.0465. The van der Waals surface area contributed by atoms with E-state index in [0.717, 1.165) is 16.6 Å². The van der Waals surface area contributed by atoms with Gasteiger partial charge < -0.3 is 10.6 Å². The van der Waals surface area contributed by atoms with E-state index in [2.05, 4.69) is 26.6 Å². The molecule has 4 nitrogen and oxygen atoms in total. The summed E-state index contributed by atoms with van der Waals surface area (Å²) in [5.74, 6) is -0.326. The van der Waals surface area contributed by atoms with Crippen molar-refractivity contribution in [2.75, 3.05) is 6.54 Å². The molecule has 1 aliphatic carbocycles. The Morgan fingerprint density at radius 1 is 1.44 bits per heavy atom. The Hall–Kier alpha value is -0.880. The predicted octanol–water partition coefficient (Wildman–Crippen LogP) is 1.52. The third-order valence-electron chi connectivity index (χ3n) is 2.15. The van der Waals surface area contributed by atoms with Gasteiger partial charge >= 0.3 is 0 Å². The Bertz CT molecular complexity index is 415. The molecule has 0 radical (unpaired) electrons. The van der Waals surface area contributed by atoms with Crippen LogP contribution in [0.1, 0.15) is 22.5 Å². The van der Waals surface area contributed by atoms with Gasteiger partial charge in [-0.15, -0.1) is 11.3 Å². The Morgan fingerprint density at radius 2 is 2.19 bits per heavy atom. The van der Waals surface area contributed by atoms with Crippen LogP contribution < -0.4 is 10.6 Å². The number of rotatable bonds is 4. The van der Waals surface area contributed by atoms with E-state index in [-0.39, 0.29) is 18.4 Å². The van der Waals surface area contributed by atoms with Crippen LogP contribution in [0.5, 0.6) is 0 Å². The van der Waals surface area contributed by atoms with E-state index < -0.39 is 0 Å². The van der Waals surface area contributed by atoms with E-state index in [4.69, 9.17) is 0 Å². The summed E-state index contributed by atoms with van der Waals surface area (Å²) in [4.78, 5) is 23.5. The monoisotopic (exact) mass is 302 g/mol.